The van der Waals surface area contributed by atoms with Crippen LogP contribution in [0.15, 0.2) is 18.2 Å². The number of hydrogen-bond donors (Lipinski definition) is 2. The number of benzene rings is 1. The Kier molecular flexibility index (Phi) is 4.99. The van der Waals surface area contributed by atoms with Gasteiger partial charge in [-0.1, -0.05) is 17.4 Å². The molecule has 0 atom stereocenters. The van der Waals surface area contributed by atoms with Gasteiger partial charge in [0.15, 0.2) is 0 Å². The molecule has 22 heavy (non-hydrogen) atoms. The summed E-state index contributed by atoms with van der Waals surface area (Å²) in [5.74, 6) is -0.321. The first-order valence-electron chi connectivity index (χ1n) is 6.59. The zero-order chi connectivity index (χ0) is 16.1. The van der Waals surface area contributed by atoms with Gasteiger partial charge in [-0.15, -0.1) is 10.2 Å². The fourth-order valence-corrected chi connectivity index (χ4v) is 2.62. The third kappa shape index (κ3) is 3.76. The van der Waals surface area contributed by atoms with Gasteiger partial charge in [-0.2, -0.15) is 0 Å². The molecule has 0 aliphatic rings. The van der Waals surface area contributed by atoms with Crippen LogP contribution in [0, 0.1) is 17.0 Å². The number of carbonyl (C=O) groups is 1. The molecule has 1 aromatic carbocycles. The van der Waals surface area contributed by atoms with Gasteiger partial charge in [0.25, 0.3) is 11.6 Å². The third-order valence-corrected chi connectivity index (χ3v) is 3.89. The van der Waals surface area contributed by atoms with Crippen molar-refractivity contribution in [3.8, 4) is 0 Å². The minimum absolute atomic E-state index is 0.0583. The second-order valence-corrected chi connectivity index (χ2v) is 5.69. The van der Waals surface area contributed by atoms with Crippen molar-refractivity contribution < 1.29 is 9.72 Å². The summed E-state index contributed by atoms with van der Waals surface area (Å²) in [7, 11) is 0. The van der Waals surface area contributed by atoms with Gasteiger partial charge in [0.1, 0.15) is 5.01 Å². The molecule has 0 saturated heterocycles. The van der Waals surface area contributed by atoms with E-state index in [1.165, 1.54) is 23.5 Å². The van der Waals surface area contributed by atoms with E-state index in [0.717, 1.165) is 5.01 Å². The number of aromatic nitrogens is 2. The molecular weight excluding hydrogens is 306 g/mol. The number of nitrogen functional groups attached to an aromatic ring is 1. The molecular formula is C13H15N5O3S. The highest BCUT2D eigenvalue weighted by Crippen LogP contribution is 2.21. The lowest BCUT2D eigenvalue weighted by molar-refractivity contribution is -0.385. The highest BCUT2D eigenvalue weighted by atomic mass is 32.1. The van der Waals surface area contributed by atoms with E-state index in [2.05, 4.69) is 15.5 Å². The highest BCUT2D eigenvalue weighted by molar-refractivity contribution is 7.15. The monoisotopic (exact) mass is 321 g/mol. The molecule has 0 fully saturated rings. The van der Waals surface area contributed by atoms with Crippen molar-refractivity contribution in [3.05, 3.63) is 44.4 Å². The number of aryl methyl sites for hydroxylation is 1. The maximum atomic E-state index is 12.1. The number of nitro groups is 1. The van der Waals surface area contributed by atoms with E-state index in [4.69, 9.17) is 5.73 Å². The van der Waals surface area contributed by atoms with Crippen molar-refractivity contribution in [3.63, 3.8) is 0 Å². The highest BCUT2D eigenvalue weighted by Gasteiger charge is 2.17. The van der Waals surface area contributed by atoms with Crippen LogP contribution >= 0.6 is 11.3 Å². The van der Waals surface area contributed by atoms with Crippen molar-refractivity contribution in [2.24, 2.45) is 0 Å². The van der Waals surface area contributed by atoms with Gasteiger partial charge in [-0.05, 0) is 19.4 Å². The summed E-state index contributed by atoms with van der Waals surface area (Å²) in [5, 5.41) is 22.5. The maximum Gasteiger partial charge on any atom is 0.273 e. The molecule has 9 heteroatoms. The van der Waals surface area contributed by atoms with Crippen LogP contribution in [0.3, 0.4) is 0 Å². The molecule has 0 aliphatic heterocycles. The van der Waals surface area contributed by atoms with Gasteiger partial charge < -0.3 is 11.1 Å². The number of nitrogens with one attached hydrogen (secondary N) is 1. The summed E-state index contributed by atoms with van der Waals surface area (Å²) in [4.78, 5) is 22.5. The van der Waals surface area contributed by atoms with Crippen LogP contribution in [-0.4, -0.2) is 27.6 Å². The Bertz CT molecular complexity index is 701. The first-order valence-corrected chi connectivity index (χ1v) is 7.40. The molecule has 8 nitrogen and oxygen atoms in total. The van der Waals surface area contributed by atoms with Gasteiger partial charge >= 0.3 is 0 Å². The molecule has 0 aliphatic carbocycles. The van der Waals surface area contributed by atoms with Crippen LogP contribution in [0.2, 0.25) is 0 Å². The largest absolute Gasteiger partial charge is 0.374 e. The number of nitrogens with zero attached hydrogens (tertiary/aromatic N) is 3. The number of nitrogens with two attached hydrogens (primary N) is 1. The molecule has 3 N–H and O–H groups in total. The molecule has 2 aromatic rings. The van der Waals surface area contributed by atoms with Crippen LogP contribution in [0.4, 0.5) is 10.8 Å². The third-order valence-electron chi connectivity index (χ3n) is 3.08. The number of rotatable bonds is 6. The molecule has 0 spiro atoms. The fourth-order valence-electron chi connectivity index (χ4n) is 1.97. The van der Waals surface area contributed by atoms with E-state index in [1.807, 2.05) is 0 Å². The topological polar surface area (TPSA) is 124 Å². The SMILES string of the molecule is Cc1c(C(=O)NCCCc2nnc(N)s2)cccc1[N+](=O)[O-]. The smallest absolute Gasteiger partial charge is 0.273 e. The molecule has 116 valence electrons. The number of nitro benzene ring substituents is 1. The van der Waals surface area contributed by atoms with E-state index in [0.29, 0.717) is 35.6 Å². The fraction of sp³-hybridized carbons (Fsp3) is 0.308. The van der Waals surface area contributed by atoms with Crippen LogP contribution in [0.5, 0.6) is 0 Å². The zero-order valence-electron chi connectivity index (χ0n) is 11.9. The standard InChI is InChI=1S/C13H15N5O3S/c1-8-9(4-2-5-10(8)18(20)21)12(19)15-7-3-6-11-16-17-13(14)22-11/h2,4-5H,3,6-7H2,1H3,(H2,14,17)(H,15,19). The van der Waals surface area contributed by atoms with Gasteiger partial charge in [0, 0.05) is 30.2 Å². The Morgan fingerprint density at radius 3 is 2.86 bits per heavy atom. The molecule has 2 rings (SSSR count). The van der Waals surface area contributed by atoms with E-state index in [9.17, 15) is 14.9 Å². The van der Waals surface area contributed by atoms with Gasteiger partial charge in [-0.25, -0.2) is 0 Å². The van der Waals surface area contributed by atoms with Crippen molar-refractivity contribution in [2.75, 3.05) is 12.3 Å². The quantitative estimate of drug-likeness (QED) is 0.474. The Labute approximate surface area is 130 Å². The first kappa shape index (κ1) is 15.8. The summed E-state index contributed by atoms with van der Waals surface area (Å²) in [6.07, 6.45) is 1.36. The molecule has 0 unspecified atom stereocenters. The second kappa shape index (κ2) is 6.94. The summed E-state index contributed by atoms with van der Waals surface area (Å²) in [5.41, 5.74) is 6.10. The van der Waals surface area contributed by atoms with Gasteiger partial charge in [0.2, 0.25) is 5.13 Å². The van der Waals surface area contributed by atoms with Crippen molar-refractivity contribution >= 4 is 28.1 Å². The van der Waals surface area contributed by atoms with E-state index < -0.39 is 4.92 Å². The summed E-state index contributed by atoms with van der Waals surface area (Å²) in [6.45, 7) is 2.01. The predicted molar refractivity (Wildman–Crippen MR) is 82.8 cm³/mol. The predicted octanol–water partition coefficient (Wildman–Crippen LogP) is 1.70. The molecule has 0 saturated carbocycles. The van der Waals surface area contributed by atoms with Crippen LogP contribution in [-0.2, 0) is 6.42 Å². The summed E-state index contributed by atoms with van der Waals surface area (Å²) >= 11 is 1.32. The van der Waals surface area contributed by atoms with Crippen LogP contribution < -0.4 is 11.1 Å². The van der Waals surface area contributed by atoms with E-state index in [1.54, 1.807) is 13.0 Å². The summed E-state index contributed by atoms with van der Waals surface area (Å²) < 4.78 is 0. The molecule has 1 amide bonds. The molecule has 0 radical (unpaired) electrons. The number of amides is 1. The normalized spacial score (nSPS) is 10.4. The van der Waals surface area contributed by atoms with Crippen LogP contribution in [0.1, 0.15) is 27.3 Å². The van der Waals surface area contributed by atoms with Gasteiger partial charge in [-0.3, -0.25) is 14.9 Å². The van der Waals surface area contributed by atoms with Gasteiger partial charge in [0.05, 0.1) is 4.92 Å². The minimum Gasteiger partial charge on any atom is -0.374 e. The van der Waals surface area contributed by atoms with Crippen LogP contribution in [0.25, 0.3) is 0 Å². The lowest BCUT2D eigenvalue weighted by atomic mass is 10.1. The molecule has 1 aromatic heterocycles. The number of hydrogen-bond acceptors (Lipinski definition) is 7. The average Bonchev–Trinajstić information content (AvgIpc) is 2.89. The van der Waals surface area contributed by atoms with Crippen molar-refractivity contribution in [1.82, 2.24) is 15.5 Å². The number of anilines is 1. The van der Waals surface area contributed by atoms with Crippen molar-refractivity contribution in [1.29, 1.82) is 0 Å². The second-order valence-electron chi connectivity index (χ2n) is 4.60. The average molecular weight is 321 g/mol. The Morgan fingerprint density at radius 2 is 2.23 bits per heavy atom. The molecule has 1 heterocycles. The maximum absolute atomic E-state index is 12.1. The van der Waals surface area contributed by atoms with E-state index in [-0.39, 0.29) is 11.6 Å². The van der Waals surface area contributed by atoms with Crippen molar-refractivity contribution in [2.45, 2.75) is 19.8 Å². The number of carbonyl (C=O) groups excluding carboxylic acids is 1. The Balaban J connectivity index is 1.90. The lowest BCUT2D eigenvalue weighted by Crippen LogP contribution is -2.25. The lowest BCUT2D eigenvalue weighted by Gasteiger charge is -2.07. The minimum atomic E-state index is -0.494. The Hall–Kier alpha value is -2.55. The zero-order valence-corrected chi connectivity index (χ0v) is 12.7. The van der Waals surface area contributed by atoms with E-state index >= 15 is 0 Å². The summed E-state index contributed by atoms with van der Waals surface area (Å²) in [6, 6.07) is 4.46. The Morgan fingerprint density at radius 1 is 1.45 bits per heavy atom. The first-order chi connectivity index (χ1) is 10.5. The molecule has 0 bridgehead atoms.